The van der Waals surface area contributed by atoms with Gasteiger partial charge in [-0.25, -0.2) is 0 Å². The first-order chi connectivity index (χ1) is 7.10. The highest BCUT2D eigenvalue weighted by Gasteiger charge is 2.24. The van der Waals surface area contributed by atoms with E-state index in [0.29, 0.717) is 0 Å². The smallest absolute Gasteiger partial charge is 0.218 e. The van der Waals surface area contributed by atoms with Gasteiger partial charge in [0.25, 0.3) is 0 Å². The van der Waals surface area contributed by atoms with Crippen LogP contribution in [0.5, 0.6) is 0 Å². The normalized spacial score (nSPS) is 11.7. The Bertz CT molecular complexity index is 290. The van der Waals surface area contributed by atoms with Crippen molar-refractivity contribution in [2.45, 2.75) is 39.8 Å². The lowest BCUT2D eigenvalue weighted by Crippen LogP contribution is -2.44. The Labute approximate surface area is 94.6 Å². The molecule has 0 saturated carbocycles. The average molecular weight is 222 g/mol. The van der Waals surface area contributed by atoms with Crippen LogP contribution in [0.15, 0.2) is 24.3 Å². The number of benzene rings is 1. The highest BCUT2D eigenvalue weighted by atomic mass is 28.4. The summed E-state index contributed by atoms with van der Waals surface area (Å²) in [5, 5.41) is 1.40. The van der Waals surface area contributed by atoms with Gasteiger partial charge in [-0.15, -0.1) is 0 Å². The lowest BCUT2D eigenvalue weighted by atomic mass is 10.2. The van der Waals surface area contributed by atoms with Crippen LogP contribution in [0.25, 0.3) is 0 Å². The topological polar surface area (TPSA) is 9.23 Å². The van der Waals surface area contributed by atoms with E-state index < -0.39 is 8.32 Å². The average Bonchev–Trinajstić information content (AvgIpc) is 2.26. The summed E-state index contributed by atoms with van der Waals surface area (Å²) in [4.78, 5) is 0. The van der Waals surface area contributed by atoms with Crippen LogP contribution in [-0.2, 0) is 10.8 Å². The summed E-state index contributed by atoms with van der Waals surface area (Å²) < 4.78 is 5.98. The molecule has 1 aromatic carbocycles. The Kier molecular flexibility index (Phi) is 4.55. The number of hydrogen-bond acceptors (Lipinski definition) is 1. The molecule has 15 heavy (non-hydrogen) atoms. The predicted molar refractivity (Wildman–Crippen MR) is 69.2 cm³/mol. The maximum absolute atomic E-state index is 5.98. The maximum Gasteiger partial charge on any atom is 0.218 e. The molecule has 1 rings (SSSR count). The van der Waals surface area contributed by atoms with Crippen molar-refractivity contribution in [3.63, 3.8) is 0 Å². The maximum atomic E-state index is 5.98. The molecule has 0 unspecified atom stereocenters. The first kappa shape index (κ1) is 12.5. The second-order valence-corrected chi connectivity index (χ2v) is 8.30. The fourth-order valence-electron chi connectivity index (χ4n) is 1.58. The van der Waals surface area contributed by atoms with Gasteiger partial charge in [0.2, 0.25) is 8.32 Å². The molecule has 1 nitrogen and oxygen atoms in total. The number of hydrogen-bond donors (Lipinski definition) is 0. The van der Waals surface area contributed by atoms with Crippen molar-refractivity contribution in [2.75, 3.05) is 6.61 Å². The van der Waals surface area contributed by atoms with E-state index in [0.717, 1.165) is 19.4 Å². The third kappa shape index (κ3) is 3.47. The van der Waals surface area contributed by atoms with Gasteiger partial charge in [-0.2, -0.15) is 0 Å². The Morgan fingerprint density at radius 2 is 1.67 bits per heavy atom. The molecule has 0 aliphatic heterocycles. The van der Waals surface area contributed by atoms with E-state index in [1.165, 1.54) is 10.8 Å². The van der Waals surface area contributed by atoms with Crippen molar-refractivity contribution >= 4 is 13.5 Å². The van der Waals surface area contributed by atoms with Crippen LogP contribution in [-0.4, -0.2) is 14.9 Å². The van der Waals surface area contributed by atoms with Crippen molar-refractivity contribution in [2.24, 2.45) is 0 Å². The van der Waals surface area contributed by atoms with Gasteiger partial charge >= 0.3 is 0 Å². The SMILES string of the molecule is CCCO[Si](C)(C)c1ccc(CC)cc1. The summed E-state index contributed by atoms with van der Waals surface area (Å²) >= 11 is 0. The van der Waals surface area contributed by atoms with E-state index in [9.17, 15) is 0 Å². The van der Waals surface area contributed by atoms with Crippen molar-refractivity contribution in [1.82, 2.24) is 0 Å². The van der Waals surface area contributed by atoms with Crippen molar-refractivity contribution in [3.8, 4) is 0 Å². The highest BCUT2D eigenvalue weighted by molar-refractivity contribution is 6.84. The molecular weight excluding hydrogens is 200 g/mol. The molecule has 0 saturated heterocycles. The van der Waals surface area contributed by atoms with E-state index in [1.807, 2.05) is 0 Å². The van der Waals surface area contributed by atoms with E-state index >= 15 is 0 Å². The Morgan fingerprint density at radius 1 is 1.07 bits per heavy atom. The molecule has 0 amide bonds. The summed E-state index contributed by atoms with van der Waals surface area (Å²) in [5.41, 5.74) is 1.40. The molecule has 0 aliphatic carbocycles. The quantitative estimate of drug-likeness (QED) is 0.696. The second-order valence-electron chi connectivity index (χ2n) is 4.41. The molecule has 0 bridgehead atoms. The second kappa shape index (κ2) is 5.47. The molecule has 0 aliphatic rings. The van der Waals surface area contributed by atoms with Crippen molar-refractivity contribution < 1.29 is 4.43 Å². The van der Waals surface area contributed by atoms with E-state index in [4.69, 9.17) is 4.43 Å². The van der Waals surface area contributed by atoms with Gasteiger partial charge in [-0.05, 0) is 36.7 Å². The van der Waals surface area contributed by atoms with Gasteiger partial charge in [-0.3, -0.25) is 0 Å². The molecule has 84 valence electrons. The van der Waals surface area contributed by atoms with Gasteiger partial charge in [0, 0.05) is 6.61 Å². The monoisotopic (exact) mass is 222 g/mol. The molecule has 0 spiro atoms. The third-order valence-corrected chi connectivity index (χ3v) is 5.37. The summed E-state index contributed by atoms with van der Waals surface area (Å²) in [6, 6.07) is 8.92. The molecule has 0 atom stereocenters. The fourth-order valence-corrected chi connectivity index (χ4v) is 3.43. The molecule has 1 aromatic rings. The molecular formula is C13H22OSi. The van der Waals surface area contributed by atoms with Crippen molar-refractivity contribution in [1.29, 1.82) is 0 Å². The zero-order valence-corrected chi connectivity index (χ0v) is 11.3. The standard InChI is InChI=1S/C13H22OSi/c1-5-11-14-15(3,4)13-9-7-12(6-2)8-10-13/h7-10H,5-6,11H2,1-4H3. The molecule has 0 heterocycles. The first-order valence-electron chi connectivity index (χ1n) is 5.83. The van der Waals surface area contributed by atoms with Gasteiger partial charge < -0.3 is 4.43 Å². The molecule has 0 radical (unpaired) electrons. The van der Waals surface area contributed by atoms with E-state index in [1.54, 1.807) is 0 Å². The fraction of sp³-hybridized carbons (Fsp3) is 0.538. The lowest BCUT2D eigenvalue weighted by Gasteiger charge is -2.23. The summed E-state index contributed by atoms with van der Waals surface area (Å²) in [5.74, 6) is 0. The highest BCUT2D eigenvalue weighted by Crippen LogP contribution is 2.07. The molecule has 0 fully saturated rings. The minimum absolute atomic E-state index is 0.884. The molecule has 0 N–H and O–H groups in total. The summed E-state index contributed by atoms with van der Waals surface area (Å²) in [6.45, 7) is 9.76. The van der Waals surface area contributed by atoms with Gasteiger partial charge in [0.15, 0.2) is 0 Å². The van der Waals surface area contributed by atoms with E-state index in [-0.39, 0.29) is 0 Å². The van der Waals surface area contributed by atoms with Crippen LogP contribution in [0.1, 0.15) is 25.8 Å². The predicted octanol–water partition coefficient (Wildman–Crippen LogP) is 3.09. The zero-order chi connectivity index (χ0) is 11.3. The van der Waals surface area contributed by atoms with Crippen LogP contribution < -0.4 is 5.19 Å². The minimum Gasteiger partial charge on any atom is -0.413 e. The number of aryl methyl sites for hydroxylation is 1. The van der Waals surface area contributed by atoms with Crippen LogP contribution in [0, 0.1) is 0 Å². The largest absolute Gasteiger partial charge is 0.413 e. The first-order valence-corrected chi connectivity index (χ1v) is 8.74. The lowest BCUT2D eigenvalue weighted by molar-refractivity contribution is 0.315. The van der Waals surface area contributed by atoms with E-state index in [2.05, 4.69) is 51.2 Å². The summed E-state index contributed by atoms with van der Waals surface area (Å²) in [7, 11) is -1.64. The van der Waals surface area contributed by atoms with Gasteiger partial charge in [0.1, 0.15) is 0 Å². The molecule has 0 aromatic heterocycles. The zero-order valence-electron chi connectivity index (χ0n) is 10.3. The van der Waals surface area contributed by atoms with Crippen LogP contribution in [0.2, 0.25) is 13.1 Å². The van der Waals surface area contributed by atoms with Crippen LogP contribution in [0.3, 0.4) is 0 Å². The minimum atomic E-state index is -1.64. The Balaban J connectivity index is 2.75. The summed E-state index contributed by atoms with van der Waals surface area (Å²) in [6.07, 6.45) is 2.21. The van der Waals surface area contributed by atoms with Crippen molar-refractivity contribution in [3.05, 3.63) is 29.8 Å². The Morgan fingerprint density at radius 3 is 2.13 bits per heavy atom. The Hall–Kier alpha value is -0.603. The third-order valence-electron chi connectivity index (χ3n) is 2.72. The van der Waals surface area contributed by atoms with Crippen LogP contribution >= 0.6 is 0 Å². The van der Waals surface area contributed by atoms with Gasteiger partial charge in [-0.1, -0.05) is 38.1 Å². The molecule has 2 heteroatoms. The van der Waals surface area contributed by atoms with Crippen LogP contribution in [0.4, 0.5) is 0 Å². The van der Waals surface area contributed by atoms with Gasteiger partial charge in [0.05, 0.1) is 0 Å². The number of rotatable bonds is 5.